The highest BCUT2D eigenvalue weighted by Gasteiger charge is 2.13. The summed E-state index contributed by atoms with van der Waals surface area (Å²) in [6.07, 6.45) is 0.561. The van der Waals surface area contributed by atoms with E-state index in [2.05, 4.69) is 5.32 Å². The monoisotopic (exact) mass is 229 g/mol. The molecule has 0 spiro atoms. The molecule has 16 heavy (non-hydrogen) atoms. The Morgan fingerprint density at radius 3 is 2.62 bits per heavy atom. The zero-order chi connectivity index (χ0) is 12.1. The van der Waals surface area contributed by atoms with Crippen LogP contribution >= 0.6 is 0 Å². The Morgan fingerprint density at radius 1 is 1.44 bits per heavy atom. The van der Waals surface area contributed by atoms with Gasteiger partial charge in [-0.2, -0.15) is 0 Å². The molecule has 1 aromatic carbocycles. The van der Waals surface area contributed by atoms with Crippen molar-refractivity contribution in [2.24, 2.45) is 0 Å². The summed E-state index contributed by atoms with van der Waals surface area (Å²) in [7, 11) is 0. The predicted molar refractivity (Wildman–Crippen MR) is 55.0 cm³/mol. The van der Waals surface area contributed by atoms with Crippen molar-refractivity contribution < 1.29 is 18.7 Å². The van der Waals surface area contributed by atoms with Crippen molar-refractivity contribution in [2.75, 3.05) is 6.61 Å². The van der Waals surface area contributed by atoms with E-state index in [1.165, 1.54) is 6.07 Å². The summed E-state index contributed by atoms with van der Waals surface area (Å²) in [5.41, 5.74) is 0.0331. The zero-order valence-electron chi connectivity index (χ0n) is 8.84. The minimum Gasteiger partial charge on any atom is -0.394 e. The molecule has 0 aliphatic heterocycles. The molecule has 2 N–H and O–H groups in total. The Hall–Kier alpha value is -1.49. The molecule has 1 amide bonds. The average molecular weight is 229 g/mol. The van der Waals surface area contributed by atoms with Gasteiger partial charge >= 0.3 is 0 Å². The van der Waals surface area contributed by atoms with Gasteiger partial charge in [0.1, 0.15) is 0 Å². The number of benzene rings is 1. The molecule has 5 heteroatoms. The molecular weight excluding hydrogens is 216 g/mol. The first kappa shape index (κ1) is 12.6. The van der Waals surface area contributed by atoms with E-state index in [-0.39, 0.29) is 18.2 Å². The fourth-order valence-electron chi connectivity index (χ4n) is 1.18. The molecule has 1 aromatic rings. The minimum atomic E-state index is -1.07. The van der Waals surface area contributed by atoms with Crippen LogP contribution in [-0.2, 0) is 0 Å². The lowest BCUT2D eigenvalue weighted by molar-refractivity contribution is 0.0914. The maximum absolute atomic E-state index is 12.8. The topological polar surface area (TPSA) is 49.3 Å². The van der Waals surface area contributed by atoms with Crippen molar-refractivity contribution in [3.05, 3.63) is 35.4 Å². The quantitative estimate of drug-likeness (QED) is 0.821. The van der Waals surface area contributed by atoms with Crippen LogP contribution in [0.25, 0.3) is 0 Å². The van der Waals surface area contributed by atoms with Gasteiger partial charge in [-0.1, -0.05) is 6.92 Å². The van der Waals surface area contributed by atoms with Crippen molar-refractivity contribution in [1.82, 2.24) is 5.32 Å². The molecule has 1 rings (SSSR count). The molecular formula is C11H13F2NO2. The lowest BCUT2D eigenvalue weighted by Crippen LogP contribution is -2.36. The van der Waals surface area contributed by atoms with Gasteiger partial charge in [0, 0.05) is 5.56 Å². The highest BCUT2D eigenvalue weighted by Crippen LogP contribution is 2.08. The molecule has 0 aliphatic carbocycles. The van der Waals surface area contributed by atoms with Crippen molar-refractivity contribution in [3.63, 3.8) is 0 Å². The molecule has 0 heterocycles. The summed E-state index contributed by atoms with van der Waals surface area (Å²) < 4.78 is 25.4. The van der Waals surface area contributed by atoms with E-state index >= 15 is 0 Å². The van der Waals surface area contributed by atoms with Gasteiger partial charge in [0.05, 0.1) is 12.6 Å². The first-order valence-electron chi connectivity index (χ1n) is 4.95. The maximum atomic E-state index is 12.8. The standard InChI is InChI=1S/C11H13F2NO2/c1-2-8(6-15)14-11(16)7-3-4-9(12)10(13)5-7/h3-5,8,15H,2,6H2,1H3,(H,14,16). The number of halogens is 2. The molecule has 0 saturated heterocycles. The number of nitrogens with one attached hydrogen (secondary N) is 1. The van der Waals surface area contributed by atoms with Crippen molar-refractivity contribution in [3.8, 4) is 0 Å². The summed E-state index contributed by atoms with van der Waals surface area (Å²) in [6.45, 7) is 1.61. The Bertz CT molecular complexity index is 378. The van der Waals surface area contributed by atoms with E-state index in [0.29, 0.717) is 6.42 Å². The average Bonchev–Trinajstić information content (AvgIpc) is 2.29. The van der Waals surface area contributed by atoms with Crippen LogP contribution in [0.1, 0.15) is 23.7 Å². The van der Waals surface area contributed by atoms with Crippen LogP contribution in [-0.4, -0.2) is 23.7 Å². The molecule has 0 saturated carbocycles. The molecule has 3 nitrogen and oxygen atoms in total. The van der Waals surface area contributed by atoms with Gasteiger partial charge in [0.15, 0.2) is 11.6 Å². The van der Waals surface area contributed by atoms with Gasteiger partial charge in [0.25, 0.3) is 5.91 Å². The summed E-state index contributed by atoms with van der Waals surface area (Å²) in [4.78, 5) is 11.5. The van der Waals surface area contributed by atoms with E-state index in [4.69, 9.17) is 5.11 Å². The zero-order valence-corrected chi connectivity index (χ0v) is 8.84. The summed E-state index contributed by atoms with van der Waals surface area (Å²) in [6, 6.07) is 2.54. The van der Waals surface area contributed by atoms with Gasteiger partial charge in [-0.15, -0.1) is 0 Å². The third-order valence-electron chi connectivity index (χ3n) is 2.23. The summed E-state index contributed by atoms with van der Waals surface area (Å²) in [5.74, 6) is -2.59. The highest BCUT2D eigenvalue weighted by atomic mass is 19.2. The van der Waals surface area contributed by atoms with Crippen LogP contribution in [0.4, 0.5) is 8.78 Å². The number of rotatable bonds is 4. The van der Waals surface area contributed by atoms with E-state index in [0.717, 1.165) is 12.1 Å². The summed E-state index contributed by atoms with van der Waals surface area (Å²) in [5, 5.41) is 11.4. The number of hydrogen-bond acceptors (Lipinski definition) is 2. The van der Waals surface area contributed by atoms with E-state index in [1.807, 2.05) is 0 Å². The van der Waals surface area contributed by atoms with E-state index in [9.17, 15) is 13.6 Å². The van der Waals surface area contributed by atoms with Crippen LogP contribution in [0.15, 0.2) is 18.2 Å². The lowest BCUT2D eigenvalue weighted by Gasteiger charge is -2.13. The Labute approximate surface area is 92.1 Å². The number of hydrogen-bond donors (Lipinski definition) is 2. The number of aliphatic hydroxyl groups is 1. The van der Waals surface area contributed by atoms with Gasteiger partial charge in [0.2, 0.25) is 0 Å². The smallest absolute Gasteiger partial charge is 0.251 e. The molecule has 1 unspecified atom stereocenters. The van der Waals surface area contributed by atoms with Crippen LogP contribution < -0.4 is 5.32 Å². The van der Waals surface area contributed by atoms with E-state index in [1.54, 1.807) is 6.92 Å². The second kappa shape index (κ2) is 5.55. The largest absolute Gasteiger partial charge is 0.394 e. The Balaban J connectivity index is 2.76. The highest BCUT2D eigenvalue weighted by molar-refractivity contribution is 5.94. The van der Waals surface area contributed by atoms with Crippen LogP contribution in [0.3, 0.4) is 0 Å². The number of amides is 1. The van der Waals surface area contributed by atoms with Crippen molar-refractivity contribution in [2.45, 2.75) is 19.4 Å². The molecule has 1 atom stereocenters. The molecule has 0 aromatic heterocycles. The number of carbonyl (C=O) groups is 1. The van der Waals surface area contributed by atoms with Crippen LogP contribution in [0.5, 0.6) is 0 Å². The van der Waals surface area contributed by atoms with Crippen LogP contribution in [0.2, 0.25) is 0 Å². The lowest BCUT2D eigenvalue weighted by atomic mass is 10.1. The first-order valence-corrected chi connectivity index (χ1v) is 4.95. The predicted octanol–water partition coefficient (Wildman–Crippen LogP) is 1.47. The molecule has 0 fully saturated rings. The molecule has 0 radical (unpaired) electrons. The second-order valence-corrected chi connectivity index (χ2v) is 3.39. The number of carbonyl (C=O) groups excluding carboxylic acids is 1. The van der Waals surface area contributed by atoms with Gasteiger partial charge in [-0.3, -0.25) is 4.79 Å². The van der Waals surface area contributed by atoms with Crippen molar-refractivity contribution in [1.29, 1.82) is 0 Å². The third kappa shape index (κ3) is 3.00. The molecule has 88 valence electrons. The van der Waals surface area contributed by atoms with Crippen LogP contribution in [0, 0.1) is 11.6 Å². The SMILES string of the molecule is CCC(CO)NC(=O)c1ccc(F)c(F)c1. The Morgan fingerprint density at radius 2 is 2.12 bits per heavy atom. The third-order valence-corrected chi connectivity index (χ3v) is 2.23. The van der Waals surface area contributed by atoms with Gasteiger partial charge < -0.3 is 10.4 Å². The molecule has 0 aliphatic rings. The summed E-state index contributed by atoms with van der Waals surface area (Å²) >= 11 is 0. The minimum absolute atomic E-state index is 0.0331. The van der Waals surface area contributed by atoms with Gasteiger partial charge in [-0.05, 0) is 24.6 Å². The normalized spacial score (nSPS) is 12.2. The fraction of sp³-hybridized carbons (Fsp3) is 0.364. The fourth-order valence-corrected chi connectivity index (χ4v) is 1.18. The molecule has 0 bridgehead atoms. The van der Waals surface area contributed by atoms with Crippen molar-refractivity contribution >= 4 is 5.91 Å². The second-order valence-electron chi connectivity index (χ2n) is 3.39. The first-order chi connectivity index (χ1) is 7.58. The maximum Gasteiger partial charge on any atom is 0.251 e. The van der Waals surface area contributed by atoms with E-state index < -0.39 is 17.5 Å². The number of aliphatic hydroxyl groups excluding tert-OH is 1. The Kier molecular flexibility index (Phi) is 4.37. The van der Waals surface area contributed by atoms with Gasteiger partial charge in [-0.25, -0.2) is 8.78 Å².